The summed E-state index contributed by atoms with van der Waals surface area (Å²) in [5.41, 5.74) is 0.920. The van der Waals surface area contributed by atoms with Crippen molar-refractivity contribution in [1.82, 2.24) is 10.3 Å². The number of hydrogen-bond acceptors (Lipinski definition) is 5. The minimum Gasteiger partial charge on any atom is -0.497 e. The van der Waals surface area contributed by atoms with Crippen LogP contribution in [-0.4, -0.2) is 29.1 Å². The molecule has 1 saturated carbocycles. The van der Waals surface area contributed by atoms with Crippen LogP contribution in [0.3, 0.4) is 0 Å². The Morgan fingerprint density at radius 3 is 2.41 bits per heavy atom. The average molecular weight is 388 g/mol. The van der Waals surface area contributed by atoms with E-state index in [0.717, 1.165) is 48.3 Å². The maximum absolute atomic E-state index is 13.2. The van der Waals surface area contributed by atoms with Crippen LogP contribution < -0.4 is 10.1 Å². The highest BCUT2D eigenvalue weighted by atomic mass is 32.1. The Hall–Kier alpha value is -2.41. The number of nitrogens with zero attached hydrogens (tertiary/aromatic N) is 1. The Labute approximate surface area is 162 Å². The lowest BCUT2D eigenvalue weighted by molar-refractivity contribution is -0.127. The van der Waals surface area contributed by atoms with Gasteiger partial charge in [0.15, 0.2) is 0 Å². The molecule has 0 radical (unpaired) electrons. The van der Waals surface area contributed by atoms with E-state index in [1.807, 2.05) is 31.2 Å². The van der Waals surface area contributed by atoms with E-state index >= 15 is 0 Å². The first-order chi connectivity index (χ1) is 12.9. The zero-order valence-electron chi connectivity index (χ0n) is 15.7. The van der Waals surface area contributed by atoms with E-state index < -0.39 is 11.4 Å². The highest BCUT2D eigenvalue weighted by molar-refractivity contribution is 7.13. The van der Waals surface area contributed by atoms with Crippen molar-refractivity contribution in [3.05, 3.63) is 45.4 Å². The zero-order chi connectivity index (χ0) is 19.6. The van der Waals surface area contributed by atoms with Crippen molar-refractivity contribution in [2.45, 2.75) is 51.0 Å². The molecule has 1 fully saturated rings. The summed E-state index contributed by atoms with van der Waals surface area (Å²) in [5.74, 6) is -0.247. The van der Waals surface area contributed by atoms with Gasteiger partial charge in [-0.3, -0.25) is 4.79 Å². The molecule has 1 aliphatic carbocycles. The molecule has 1 aromatic carbocycles. The van der Waals surface area contributed by atoms with E-state index in [0.29, 0.717) is 10.7 Å². The number of thiazole rings is 1. The Balaban J connectivity index is 1.83. The summed E-state index contributed by atoms with van der Waals surface area (Å²) in [4.78, 5) is 29.1. The molecule has 0 aliphatic heterocycles. The fourth-order valence-electron chi connectivity index (χ4n) is 3.73. The third-order valence-corrected chi connectivity index (χ3v) is 6.59. The number of carboxylic acid groups (broad SMARTS) is 1. The second-order valence-corrected chi connectivity index (χ2v) is 8.02. The summed E-state index contributed by atoms with van der Waals surface area (Å²) >= 11 is 1.12. The standard InChI is InChI=1S/C20H24N2O4S/c1-12-16(18(23)24)27-17(21-12)13(2)22-19(25)20(10-4-5-11-20)14-6-8-15(26-3)9-7-14/h6-9,13H,4-5,10-11H2,1-3H3,(H,22,25)(H,23,24). The van der Waals surface area contributed by atoms with Crippen molar-refractivity contribution in [2.24, 2.45) is 0 Å². The van der Waals surface area contributed by atoms with Crippen LogP contribution in [0.2, 0.25) is 0 Å². The molecule has 7 heteroatoms. The lowest BCUT2D eigenvalue weighted by Crippen LogP contribution is -2.43. The summed E-state index contributed by atoms with van der Waals surface area (Å²) in [6.07, 6.45) is 3.62. The number of benzene rings is 1. The van der Waals surface area contributed by atoms with Gasteiger partial charge in [-0.2, -0.15) is 0 Å². The predicted octanol–water partition coefficient (Wildman–Crippen LogP) is 3.85. The first-order valence-corrected chi connectivity index (χ1v) is 9.85. The number of amides is 1. The van der Waals surface area contributed by atoms with E-state index in [2.05, 4.69) is 10.3 Å². The van der Waals surface area contributed by atoms with Crippen LogP contribution in [0.5, 0.6) is 5.75 Å². The van der Waals surface area contributed by atoms with Gasteiger partial charge in [0.25, 0.3) is 0 Å². The molecular formula is C20H24N2O4S. The van der Waals surface area contributed by atoms with E-state index in [1.54, 1.807) is 14.0 Å². The monoisotopic (exact) mass is 388 g/mol. The second-order valence-electron chi connectivity index (χ2n) is 6.98. The maximum Gasteiger partial charge on any atom is 0.347 e. The number of carbonyl (C=O) groups is 2. The number of rotatable bonds is 6. The van der Waals surface area contributed by atoms with Crippen LogP contribution in [-0.2, 0) is 10.2 Å². The molecule has 2 N–H and O–H groups in total. The van der Waals surface area contributed by atoms with Crippen LogP contribution >= 0.6 is 11.3 Å². The summed E-state index contributed by atoms with van der Waals surface area (Å²) in [5, 5.41) is 12.9. The summed E-state index contributed by atoms with van der Waals surface area (Å²) in [6, 6.07) is 7.35. The highest BCUT2D eigenvalue weighted by Crippen LogP contribution is 2.42. The molecule has 144 valence electrons. The fraction of sp³-hybridized carbons (Fsp3) is 0.450. The van der Waals surface area contributed by atoms with E-state index in [1.165, 1.54) is 0 Å². The second kappa shape index (κ2) is 7.68. The molecule has 1 aliphatic rings. The van der Waals surface area contributed by atoms with Crippen LogP contribution in [0, 0.1) is 6.92 Å². The smallest absolute Gasteiger partial charge is 0.347 e. The van der Waals surface area contributed by atoms with Crippen molar-refractivity contribution in [3.8, 4) is 5.75 Å². The molecule has 0 spiro atoms. The minimum atomic E-state index is -0.986. The van der Waals surface area contributed by atoms with Gasteiger partial charge in [0.1, 0.15) is 15.6 Å². The molecule has 0 bridgehead atoms. The topological polar surface area (TPSA) is 88.5 Å². The molecule has 1 amide bonds. The number of carbonyl (C=O) groups excluding carboxylic acids is 1. The number of ether oxygens (including phenoxy) is 1. The number of aromatic nitrogens is 1. The van der Waals surface area contributed by atoms with Crippen molar-refractivity contribution >= 4 is 23.2 Å². The van der Waals surface area contributed by atoms with E-state index in [9.17, 15) is 14.7 Å². The van der Waals surface area contributed by atoms with Gasteiger partial charge in [0, 0.05) is 0 Å². The first-order valence-electron chi connectivity index (χ1n) is 9.03. The van der Waals surface area contributed by atoms with Gasteiger partial charge in [-0.1, -0.05) is 25.0 Å². The van der Waals surface area contributed by atoms with Gasteiger partial charge in [0.2, 0.25) is 5.91 Å². The molecule has 0 saturated heterocycles. The van der Waals surface area contributed by atoms with Gasteiger partial charge in [-0.25, -0.2) is 9.78 Å². The van der Waals surface area contributed by atoms with Crippen molar-refractivity contribution in [1.29, 1.82) is 0 Å². The van der Waals surface area contributed by atoms with Gasteiger partial charge in [-0.05, 0) is 44.4 Å². The number of nitrogens with one attached hydrogen (secondary N) is 1. The first kappa shape index (κ1) is 19.4. The van der Waals surface area contributed by atoms with E-state index in [-0.39, 0.29) is 16.8 Å². The Kier molecular flexibility index (Phi) is 5.51. The molecule has 1 atom stereocenters. The SMILES string of the molecule is COc1ccc(C2(C(=O)NC(C)c3nc(C)c(C(=O)O)s3)CCCC2)cc1. The molecule has 1 aromatic heterocycles. The molecule has 2 aromatic rings. The van der Waals surface area contributed by atoms with Crippen LogP contribution in [0.4, 0.5) is 0 Å². The van der Waals surface area contributed by atoms with Gasteiger partial charge < -0.3 is 15.2 Å². The van der Waals surface area contributed by atoms with E-state index in [4.69, 9.17) is 4.74 Å². The van der Waals surface area contributed by atoms with Crippen LogP contribution in [0.15, 0.2) is 24.3 Å². The highest BCUT2D eigenvalue weighted by Gasteiger charge is 2.43. The zero-order valence-corrected chi connectivity index (χ0v) is 16.6. The number of aryl methyl sites for hydroxylation is 1. The predicted molar refractivity (Wildman–Crippen MR) is 104 cm³/mol. The fourth-order valence-corrected chi connectivity index (χ4v) is 4.64. The molecular weight excluding hydrogens is 364 g/mol. The minimum absolute atomic E-state index is 0.0256. The van der Waals surface area contributed by atoms with Gasteiger partial charge >= 0.3 is 5.97 Å². The normalized spacial score (nSPS) is 16.7. The Bertz CT molecular complexity index is 838. The average Bonchev–Trinajstić information content (AvgIpc) is 3.29. The number of aromatic carboxylic acids is 1. The van der Waals surface area contributed by atoms with Crippen LogP contribution in [0.1, 0.15) is 64.6 Å². The third-order valence-electron chi connectivity index (χ3n) is 5.26. The maximum atomic E-state index is 13.2. The van der Waals surface area contributed by atoms with Gasteiger partial charge in [0.05, 0.1) is 24.3 Å². The number of hydrogen-bond donors (Lipinski definition) is 2. The molecule has 6 nitrogen and oxygen atoms in total. The lowest BCUT2D eigenvalue weighted by atomic mass is 9.78. The largest absolute Gasteiger partial charge is 0.497 e. The molecule has 3 rings (SSSR count). The van der Waals surface area contributed by atoms with Crippen molar-refractivity contribution < 1.29 is 19.4 Å². The Morgan fingerprint density at radius 1 is 1.26 bits per heavy atom. The molecule has 27 heavy (non-hydrogen) atoms. The number of carboxylic acids is 1. The Morgan fingerprint density at radius 2 is 1.89 bits per heavy atom. The summed E-state index contributed by atoms with van der Waals surface area (Å²) in [7, 11) is 1.62. The van der Waals surface area contributed by atoms with Crippen molar-refractivity contribution in [3.63, 3.8) is 0 Å². The molecule has 1 heterocycles. The van der Waals surface area contributed by atoms with Crippen LogP contribution in [0.25, 0.3) is 0 Å². The number of methoxy groups -OCH3 is 1. The molecule has 1 unspecified atom stereocenters. The summed E-state index contributed by atoms with van der Waals surface area (Å²) < 4.78 is 5.23. The van der Waals surface area contributed by atoms with Crippen molar-refractivity contribution in [2.75, 3.05) is 7.11 Å². The van der Waals surface area contributed by atoms with Gasteiger partial charge in [-0.15, -0.1) is 11.3 Å². The lowest BCUT2D eigenvalue weighted by Gasteiger charge is -2.30. The summed E-state index contributed by atoms with van der Waals surface area (Å²) in [6.45, 7) is 3.52. The quantitative estimate of drug-likeness (QED) is 0.785. The third kappa shape index (κ3) is 3.69.